The average molecular weight is 346 g/mol. The van der Waals surface area contributed by atoms with Crippen molar-refractivity contribution in [1.82, 2.24) is 5.32 Å². The van der Waals surface area contributed by atoms with Gasteiger partial charge in [0.15, 0.2) is 0 Å². The van der Waals surface area contributed by atoms with Crippen molar-refractivity contribution >= 4 is 23.4 Å². The SMILES string of the molecule is C=C[C@H](CC(=O)OCC)NC(=O)CCCNc1ccc(C(=N)N)cc1. The second-order valence-electron chi connectivity index (χ2n) is 5.44. The molecule has 0 aromatic heterocycles. The largest absolute Gasteiger partial charge is 0.466 e. The van der Waals surface area contributed by atoms with E-state index < -0.39 is 6.04 Å². The van der Waals surface area contributed by atoms with Crippen LogP contribution in [-0.2, 0) is 14.3 Å². The molecule has 136 valence electrons. The van der Waals surface area contributed by atoms with Crippen LogP contribution in [-0.4, -0.2) is 36.9 Å². The number of hydrogen-bond acceptors (Lipinski definition) is 5. The molecule has 0 unspecified atom stereocenters. The maximum atomic E-state index is 11.9. The Morgan fingerprint density at radius 2 is 2.04 bits per heavy atom. The van der Waals surface area contributed by atoms with Gasteiger partial charge in [-0.15, -0.1) is 6.58 Å². The molecule has 25 heavy (non-hydrogen) atoms. The Balaban J connectivity index is 2.28. The van der Waals surface area contributed by atoms with E-state index in [1.807, 2.05) is 12.1 Å². The Bertz CT molecular complexity index is 599. The highest BCUT2D eigenvalue weighted by molar-refractivity contribution is 5.95. The molecule has 0 radical (unpaired) electrons. The number of hydrogen-bond donors (Lipinski definition) is 4. The van der Waals surface area contributed by atoms with Gasteiger partial charge in [0.2, 0.25) is 5.91 Å². The van der Waals surface area contributed by atoms with Gasteiger partial charge in [-0.3, -0.25) is 15.0 Å². The van der Waals surface area contributed by atoms with E-state index in [4.69, 9.17) is 15.9 Å². The van der Waals surface area contributed by atoms with Crippen LogP contribution in [0.3, 0.4) is 0 Å². The molecule has 0 aliphatic carbocycles. The molecule has 0 aliphatic heterocycles. The summed E-state index contributed by atoms with van der Waals surface area (Å²) >= 11 is 0. The van der Waals surface area contributed by atoms with E-state index in [-0.39, 0.29) is 24.1 Å². The van der Waals surface area contributed by atoms with Gasteiger partial charge in [0.05, 0.1) is 19.1 Å². The number of benzene rings is 1. The molecular weight excluding hydrogens is 320 g/mol. The number of nitrogen functional groups attached to an aromatic ring is 1. The molecule has 1 aromatic rings. The smallest absolute Gasteiger partial charge is 0.308 e. The lowest BCUT2D eigenvalue weighted by atomic mass is 10.2. The standard InChI is InChI=1S/C18H26N4O3/c1-3-14(12-17(24)25-4-2)22-16(23)6-5-11-21-15-9-7-13(8-10-15)18(19)20/h3,7-10,14,21H,1,4-6,11-12H2,2H3,(H3,19,20)(H,22,23)/t14-/m1/s1. The summed E-state index contributed by atoms with van der Waals surface area (Å²) in [5, 5.41) is 13.3. The second kappa shape index (κ2) is 10.9. The third kappa shape index (κ3) is 8.01. The van der Waals surface area contributed by atoms with Gasteiger partial charge in [0.25, 0.3) is 0 Å². The lowest BCUT2D eigenvalue weighted by Crippen LogP contribution is -2.35. The zero-order valence-corrected chi connectivity index (χ0v) is 14.5. The highest BCUT2D eigenvalue weighted by atomic mass is 16.5. The summed E-state index contributed by atoms with van der Waals surface area (Å²) in [4.78, 5) is 23.3. The minimum absolute atomic E-state index is 0.0304. The Labute approximate surface area is 148 Å². The molecule has 0 heterocycles. The number of nitrogens with one attached hydrogen (secondary N) is 3. The van der Waals surface area contributed by atoms with Gasteiger partial charge >= 0.3 is 5.97 Å². The maximum Gasteiger partial charge on any atom is 0.308 e. The van der Waals surface area contributed by atoms with Crippen molar-refractivity contribution in [3.8, 4) is 0 Å². The molecule has 7 nitrogen and oxygen atoms in total. The number of carbonyl (C=O) groups excluding carboxylic acids is 2. The van der Waals surface area contributed by atoms with E-state index in [9.17, 15) is 9.59 Å². The van der Waals surface area contributed by atoms with E-state index >= 15 is 0 Å². The first kappa shape index (κ1) is 20.2. The fraction of sp³-hybridized carbons (Fsp3) is 0.389. The zero-order valence-electron chi connectivity index (χ0n) is 14.5. The fourth-order valence-electron chi connectivity index (χ4n) is 2.12. The van der Waals surface area contributed by atoms with Crippen molar-refractivity contribution in [3.63, 3.8) is 0 Å². The number of rotatable bonds is 11. The molecule has 0 fully saturated rings. The fourth-order valence-corrected chi connectivity index (χ4v) is 2.12. The first-order valence-electron chi connectivity index (χ1n) is 8.22. The Kier molecular flexibility index (Phi) is 8.78. The number of anilines is 1. The van der Waals surface area contributed by atoms with Crippen LogP contribution in [0.1, 0.15) is 31.7 Å². The molecule has 1 atom stereocenters. The molecule has 0 aliphatic rings. The highest BCUT2D eigenvalue weighted by Crippen LogP contribution is 2.09. The van der Waals surface area contributed by atoms with Crippen molar-refractivity contribution in [3.05, 3.63) is 42.5 Å². The normalized spacial score (nSPS) is 11.2. The van der Waals surface area contributed by atoms with Crippen LogP contribution in [0, 0.1) is 5.41 Å². The molecule has 0 spiro atoms. The van der Waals surface area contributed by atoms with Gasteiger partial charge < -0.3 is 21.1 Å². The minimum atomic E-state index is -0.418. The van der Waals surface area contributed by atoms with E-state index in [2.05, 4.69) is 17.2 Å². The van der Waals surface area contributed by atoms with Gasteiger partial charge in [0, 0.05) is 24.2 Å². The monoisotopic (exact) mass is 346 g/mol. The molecule has 1 amide bonds. The summed E-state index contributed by atoms with van der Waals surface area (Å²) in [7, 11) is 0. The molecule has 5 N–H and O–H groups in total. The number of carbonyl (C=O) groups is 2. The number of esters is 1. The van der Waals surface area contributed by atoms with Crippen LogP contribution in [0.5, 0.6) is 0 Å². The summed E-state index contributed by atoms with van der Waals surface area (Å²) in [5.41, 5.74) is 6.97. The quantitative estimate of drug-likeness (QED) is 0.160. The third-order valence-corrected chi connectivity index (χ3v) is 3.43. The first-order valence-corrected chi connectivity index (χ1v) is 8.22. The van der Waals surface area contributed by atoms with Crippen LogP contribution >= 0.6 is 0 Å². The van der Waals surface area contributed by atoms with Gasteiger partial charge in [-0.2, -0.15) is 0 Å². The number of nitrogens with two attached hydrogens (primary N) is 1. The molecule has 1 rings (SSSR count). The van der Waals surface area contributed by atoms with Crippen LogP contribution in [0.15, 0.2) is 36.9 Å². The highest BCUT2D eigenvalue weighted by Gasteiger charge is 2.13. The average Bonchev–Trinajstić information content (AvgIpc) is 2.58. The van der Waals surface area contributed by atoms with Crippen molar-refractivity contribution < 1.29 is 14.3 Å². The predicted octanol–water partition coefficient (Wildman–Crippen LogP) is 1.79. The lowest BCUT2D eigenvalue weighted by molar-refractivity contribution is -0.143. The molecule has 0 saturated carbocycles. The number of amidine groups is 1. The minimum Gasteiger partial charge on any atom is -0.466 e. The Hall–Kier alpha value is -2.83. The number of ether oxygens (including phenoxy) is 1. The van der Waals surface area contributed by atoms with Crippen LogP contribution < -0.4 is 16.4 Å². The van der Waals surface area contributed by atoms with E-state index in [0.717, 1.165) is 5.69 Å². The summed E-state index contributed by atoms with van der Waals surface area (Å²) in [6.07, 6.45) is 2.60. The van der Waals surface area contributed by atoms with Crippen LogP contribution in [0.4, 0.5) is 5.69 Å². The third-order valence-electron chi connectivity index (χ3n) is 3.43. The van der Waals surface area contributed by atoms with E-state index in [1.54, 1.807) is 19.1 Å². The summed E-state index contributed by atoms with van der Waals surface area (Å²) in [6, 6.07) is 6.79. The van der Waals surface area contributed by atoms with Crippen molar-refractivity contribution in [2.45, 2.75) is 32.2 Å². The first-order chi connectivity index (χ1) is 12.0. The lowest BCUT2D eigenvalue weighted by Gasteiger charge is -2.14. The molecule has 7 heteroatoms. The molecular formula is C18H26N4O3. The summed E-state index contributed by atoms with van der Waals surface area (Å²) < 4.78 is 4.86. The predicted molar refractivity (Wildman–Crippen MR) is 98.6 cm³/mol. The van der Waals surface area contributed by atoms with Crippen molar-refractivity contribution in [2.75, 3.05) is 18.5 Å². The van der Waals surface area contributed by atoms with Crippen LogP contribution in [0.2, 0.25) is 0 Å². The Morgan fingerprint density at radius 1 is 1.36 bits per heavy atom. The second-order valence-corrected chi connectivity index (χ2v) is 5.44. The number of amides is 1. The van der Waals surface area contributed by atoms with Crippen molar-refractivity contribution in [2.24, 2.45) is 5.73 Å². The van der Waals surface area contributed by atoms with Gasteiger partial charge in [-0.05, 0) is 37.6 Å². The van der Waals surface area contributed by atoms with E-state index in [0.29, 0.717) is 31.6 Å². The van der Waals surface area contributed by atoms with E-state index in [1.165, 1.54) is 6.08 Å². The Morgan fingerprint density at radius 3 is 2.60 bits per heavy atom. The van der Waals surface area contributed by atoms with Crippen LogP contribution in [0.25, 0.3) is 0 Å². The molecule has 0 bridgehead atoms. The van der Waals surface area contributed by atoms with Gasteiger partial charge in [0.1, 0.15) is 5.84 Å². The van der Waals surface area contributed by atoms with Gasteiger partial charge in [-0.1, -0.05) is 6.08 Å². The molecule has 1 aromatic carbocycles. The summed E-state index contributed by atoms with van der Waals surface area (Å²) in [6.45, 7) is 6.30. The molecule has 0 saturated heterocycles. The summed E-state index contributed by atoms with van der Waals surface area (Å²) in [5.74, 6) is -0.464. The zero-order chi connectivity index (χ0) is 18.7. The van der Waals surface area contributed by atoms with Gasteiger partial charge in [-0.25, -0.2) is 0 Å². The van der Waals surface area contributed by atoms with Crippen molar-refractivity contribution in [1.29, 1.82) is 5.41 Å². The maximum absolute atomic E-state index is 11.9. The topological polar surface area (TPSA) is 117 Å².